The van der Waals surface area contributed by atoms with Crippen molar-refractivity contribution in [3.8, 4) is 11.3 Å². The second kappa shape index (κ2) is 4.49. The average molecular weight is 231 g/mol. The van der Waals surface area contributed by atoms with Crippen molar-refractivity contribution in [1.29, 1.82) is 0 Å². The van der Waals surface area contributed by atoms with E-state index in [0.717, 1.165) is 0 Å². The molecule has 4 heteroatoms. The van der Waals surface area contributed by atoms with Crippen LogP contribution in [0.25, 0.3) is 11.3 Å². The molecule has 0 aliphatic rings. The van der Waals surface area contributed by atoms with E-state index in [1.165, 1.54) is 6.07 Å². The Balaban J connectivity index is 2.67. The topological polar surface area (TPSA) is 51.8 Å². The Hall–Kier alpha value is -1.97. The van der Waals surface area contributed by atoms with Gasteiger partial charge in [-0.25, -0.2) is 14.4 Å². The normalized spacial score (nSPS) is 10.5. The average Bonchev–Trinajstić information content (AvgIpc) is 2.33. The van der Waals surface area contributed by atoms with Crippen molar-refractivity contribution >= 4 is 5.82 Å². The van der Waals surface area contributed by atoms with Gasteiger partial charge in [0, 0.05) is 17.5 Å². The van der Waals surface area contributed by atoms with Gasteiger partial charge in [-0.15, -0.1) is 0 Å². The van der Waals surface area contributed by atoms with Crippen molar-refractivity contribution in [2.45, 2.75) is 20.3 Å². The maximum Gasteiger partial charge on any atom is 0.132 e. The molecule has 2 N–H and O–H groups in total. The van der Waals surface area contributed by atoms with Crippen LogP contribution in [0.2, 0.25) is 0 Å². The Morgan fingerprint density at radius 3 is 2.59 bits per heavy atom. The molecule has 2 aromatic rings. The molecule has 0 amide bonds. The lowest BCUT2D eigenvalue weighted by Crippen LogP contribution is -2.04. The predicted octanol–water partition coefficient (Wildman–Crippen LogP) is 2.74. The second-order valence-electron chi connectivity index (χ2n) is 3.83. The van der Waals surface area contributed by atoms with Gasteiger partial charge in [-0.3, -0.25) is 0 Å². The van der Waals surface area contributed by atoms with Crippen LogP contribution < -0.4 is 5.73 Å². The minimum absolute atomic E-state index is 0.296. The van der Waals surface area contributed by atoms with E-state index in [1.54, 1.807) is 25.1 Å². The Kier molecular flexibility index (Phi) is 3.04. The summed E-state index contributed by atoms with van der Waals surface area (Å²) in [4.78, 5) is 8.50. The third-order valence-electron chi connectivity index (χ3n) is 2.67. The van der Waals surface area contributed by atoms with E-state index in [-0.39, 0.29) is 5.82 Å². The molecular formula is C13H14FN3. The van der Waals surface area contributed by atoms with Crippen molar-refractivity contribution in [1.82, 2.24) is 9.97 Å². The van der Waals surface area contributed by atoms with Crippen molar-refractivity contribution in [2.24, 2.45) is 0 Å². The number of anilines is 1. The van der Waals surface area contributed by atoms with Crippen molar-refractivity contribution < 1.29 is 4.39 Å². The minimum Gasteiger partial charge on any atom is -0.383 e. The van der Waals surface area contributed by atoms with Crippen LogP contribution in [0, 0.1) is 12.7 Å². The van der Waals surface area contributed by atoms with Crippen LogP contribution in [0.15, 0.2) is 24.3 Å². The molecule has 0 atom stereocenters. The zero-order chi connectivity index (χ0) is 12.4. The monoisotopic (exact) mass is 231 g/mol. The Labute approximate surface area is 99.5 Å². The van der Waals surface area contributed by atoms with Crippen LogP contribution in [-0.4, -0.2) is 9.97 Å². The molecule has 0 fully saturated rings. The van der Waals surface area contributed by atoms with Gasteiger partial charge in [-0.05, 0) is 19.1 Å². The summed E-state index contributed by atoms with van der Waals surface area (Å²) in [6.45, 7) is 3.74. The maximum absolute atomic E-state index is 13.7. The maximum atomic E-state index is 13.7. The molecule has 0 aliphatic carbocycles. The number of aryl methyl sites for hydroxylation is 1. The molecule has 88 valence electrons. The molecule has 0 saturated carbocycles. The van der Waals surface area contributed by atoms with E-state index in [9.17, 15) is 4.39 Å². The van der Waals surface area contributed by atoms with Gasteiger partial charge in [0.05, 0.1) is 5.69 Å². The first-order valence-electron chi connectivity index (χ1n) is 5.51. The summed E-state index contributed by atoms with van der Waals surface area (Å²) in [5, 5.41) is 0. The zero-order valence-corrected chi connectivity index (χ0v) is 9.87. The van der Waals surface area contributed by atoms with Gasteiger partial charge >= 0.3 is 0 Å². The molecular weight excluding hydrogens is 217 g/mol. The van der Waals surface area contributed by atoms with E-state index in [0.29, 0.717) is 34.9 Å². The van der Waals surface area contributed by atoms with Crippen LogP contribution in [0.3, 0.4) is 0 Å². The first kappa shape index (κ1) is 11.5. The largest absolute Gasteiger partial charge is 0.383 e. The summed E-state index contributed by atoms with van der Waals surface area (Å²) in [6.07, 6.45) is 0.673. The highest BCUT2D eigenvalue weighted by molar-refractivity contribution is 5.67. The summed E-state index contributed by atoms with van der Waals surface area (Å²) in [5.74, 6) is 0.747. The Bertz CT molecular complexity index is 552. The SMILES string of the molecule is CCc1nc(N)c(C)c(-c2ccccc2F)n1. The number of hydrogen-bond donors (Lipinski definition) is 1. The highest BCUT2D eigenvalue weighted by Gasteiger charge is 2.12. The van der Waals surface area contributed by atoms with Crippen LogP contribution in [0.1, 0.15) is 18.3 Å². The van der Waals surface area contributed by atoms with E-state index < -0.39 is 0 Å². The third-order valence-corrected chi connectivity index (χ3v) is 2.67. The van der Waals surface area contributed by atoms with Crippen LogP contribution in [-0.2, 0) is 6.42 Å². The van der Waals surface area contributed by atoms with E-state index in [2.05, 4.69) is 9.97 Å². The Morgan fingerprint density at radius 2 is 1.94 bits per heavy atom. The summed E-state index contributed by atoms with van der Waals surface area (Å²) in [6, 6.07) is 6.55. The van der Waals surface area contributed by atoms with Crippen LogP contribution in [0.4, 0.5) is 10.2 Å². The van der Waals surface area contributed by atoms with Gasteiger partial charge in [0.25, 0.3) is 0 Å². The fraction of sp³-hybridized carbons (Fsp3) is 0.231. The number of nitrogen functional groups attached to an aromatic ring is 1. The number of benzene rings is 1. The quantitative estimate of drug-likeness (QED) is 0.864. The van der Waals surface area contributed by atoms with Gasteiger partial charge in [0.1, 0.15) is 17.5 Å². The fourth-order valence-electron chi connectivity index (χ4n) is 1.66. The molecule has 0 aliphatic heterocycles. The van der Waals surface area contributed by atoms with Crippen LogP contribution in [0.5, 0.6) is 0 Å². The third kappa shape index (κ3) is 2.11. The standard InChI is InChI=1S/C13H14FN3/c1-3-11-16-12(8(2)13(15)17-11)9-6-4-5-7-10(9)14/h4-7H,3H2,1-2H3,(H2,15,16,17). The Morgan fingerprint density at radius 1 is 1.24 bits per heavy atom. The van der Waals surface area contributed by atoms with E-state index in [1.807, 2.05) is 6.92 Å². The molecule has 0 radical (unpaired) electrons. The number of nitrogens with two attached hydrogens (primary N) is 1. The molecule has 1 aromatic heterocycles. The van der Waals surface area contributed by atoms with Crippen molar-refractivity contribution in [3.05, 3.63) is 41.5 Å². The molecule has 17 heavy (non-hydrogen) atoms. The zero-order valence-electron chi connectivity index (χ0n) is 9.87. The molecule has 1 heterocycles. The first-order chi connectivity index (χ1) is 8.13. The lowest BCUT2D eigenvalue weighted by molar-refractivity contribution is 0.630. The molecule has 0 spiro atoms. The number of nitrogens with zero attached hydrogens (tertiary/aromatic N) is 2. The molecule has 2 rings (SSSR count). The van der Waals surface area contributed by atoms with Gasteiger partial charge in [0.2, 0.25) is 0 Å². The predicted molar refractivity (Wildman–Crippen MR) is 66.0 cm³/mol. The smallest absolute Gasteiger partial charge is 0.132 e. The molecule has 1 aromatic carbocycles. The van der Waals surface area contributed by atoms with Crippen molar-refractivity contribution in [2.75, 3.05) is 5.73 Å². The lowest BCUT2D eigenvalue weighted by atomic mass is 10.1. The molecule has 3 nitrogen and oxygen atoms in total. The summed E-state index contributed by atoms with van der Waals surface area (Å²) >= 11 is 0. The summed E-state index contributed by atoms with van der Waals surface area (Å²) in [7, 11) is 0. The van der Waals surface area contributed by atoms with Gasteiger partial charge in [-0.2, -0.15) is 0 Å². The van der Waals surface area contributed by atoms with E-state index in [4.69, 9.17) is 5.73 Å². The summed E-state index contributed by atoms with van der Waals surface area (Å²) < 4.78 is 13.7. The number of halogens is 1. The van der Waals surface area contributed by atoms with Gasteiger partial charge < -0.3 is 5.73 Å². The minimum atomic E-state index is -0.296. The number of hydrogen-bond acceptors (Lipinski definition) is 3. The second-order valence-corrected chi connectivity index (χ2v) is 3.83. The molecule has 0 bridgehead atoms. The fourth-order valence-corrected chi connectivity index (χ4v) is 1.66. The first-order valence-corrected chi connectivity index (χ1v) is 5.51. The molecule has 0 unspecified atom stereocenters. The highest BCUT2D eigenvalue weighted by Crippen LogP contribution is 2.26. The highest BCUT2D eigenvalue weighted by atomic mass is 19.1. The van der Waals surface area contributed by atoms with Crippen molar-refractivity contribution in [3.63, 3.8) is 0 Å². The summed E-state index contributed by atoms with van der Waals surface area (Å²) in [5.41, 5.74) is 7.57. The van der Waals surface area contributed by atoms with Gasteiger partial charge in [-0.1, -0.05) is 19.1 Å². The van der Waals surface area contributed by atoms with Crippen LogP contribution >= 0.6 is 0 Å². The molecule has 0 saturated heterocycles. The number of rotatable bonds is 2. The van der Waals surface area contributed by atoms with Gasteiger partial charge in [0.15, 0.2) is 0 Å². The lowest BCUT2D eigenvalue weighted by Gasteiger charge is -2.10. The van der Waals surface area contributed by atoms with E-state index >= 15 is 0 Å². The number of aromatic nitrogens is 2.